The number of hydrogen-bond donors (Lipinski definition) is 2. The number of aryl methyl sites for hydroxylation is 1. The molecule has 1 saturated carbocycles. The summed E-state index contributed by atoms with van der Waals surface area (Å²) in [5, 5.41) is 3.01. The second kappa shape index (κ2) is 3.84. The van der Waals surface area contributed by atoms with Gasteiger partial charge in [-0.05, 0) is 55.7 Å². The minimum atomic E-state index is -0.586. The van der Waals surface area contributed by atoms with Crippen molar-refractivity contribution in [1.82, 2.24) is 0 Å². The largest absolute Gasteiger partial charge is 0.324 e. The van der Waals surface area contributed by atoms with Crippen LogP contribution in [0.5, 0.6) is 0 Å². The van der Waals surface area contributed by atoms with Crippen molar-refractivity contribution in [3.05, 3.63) is 29.3 Å². The average molecular weight is 230 g/mol. The van der Waals surface area contributed by atoms with Gasteiger partial charge in [-0.2, -0.15) is 0 Å². The van der Waals surface area contributed by atoms with Crippen molar-refractivity contribution < 1.29 is 4.79 Å². The second-order valence-corrected chi connectivity index (χ2v) is 5.26. The Kier molecular flexibility index (Phi) is 2.44. The molecule has 2 aliphatic carbocycles. The Balaban J connectivity index is 1.85. The van der Waals surface area contributed by atoms with Crippen molar-refractivity contribution in [3.63, 3.8) is 0 Å². The molecule has 2 aliphatic rings. The van der Waals surface area contributed by atoms with E-state index in [-0.39, 0.29) is 5.91 Å². The summed E-state index contributed by atoms with van der Waals surface area (Å²) < 4.78 is 0. The van der Waals surface area contributed by atoms with E-state index in [1.165, 1.54) is 24.0 Å². The van der Waals surface area contributed by atoms with Crippen LogP contribution in [0.2, 0.25) is 0 Å². The first kappa shape index (κ1) is 10.8. The van der Waals surface area contributed by atoms with Crippen molar-refractivity contribution in [2.45, 2.75) is 44.1 Å². The molecule has 0 saturated heterocycles. The molecule has 90 valence electrons. The molecule has 1 aromatic carbocycles. The first-order valence-corrected chi connectivity index (χ1v) is 6.40. The number of anilines is 1. The average Bonchev–Trinajstić information content (AvgIpc) is 3.09. The van der Waals surface area contributed by atoms with E-state index in [9.17, 15) is 4.79 Å². The van der Waals surface area contributed by atoms with E-state index in [1.807, 2.05) is 12.1 Å². The van der Waals surface area contributed by atoms with Crippen LogP contribution in [-0.4, -0.2) is 11.4 Å². The maximum atomic E-state index is 11.9. The smallest absolute Gasteiger partial charge is 0.244 e. The van der Waals surface area contributed by atoms with Crippen LogP contribution in [-0.2, 0) is 17.6 Å². The molecule has 0 aliphatic heterocycles. The molecule has 0 bridgehead atoms. The molecule has 0 radical (unpaired) electrons. The summed E-state index contributed by atoms with van der Waals surface area (Å²) in [5.74, 6) is -0.0172. The summed E-state index contributed by atoms with van der Waals surface area (Å²) in [4.78, 5) is 11.9. The Morgan fingerprint density at radius 1 is 1.24 bits per heavy atom. The zero-order valence-corrected chi connectivity index (χ0v) is 9.96. The van der Waals surface area contributed by atoms with Crippen LogP contribution in [0.15, 0.2) is 18.2 Å². The van der Waals surface area contributed by atoms with Crippen molar-refractivity contribution >= 4 is 11.6 Å². The highest BCUT2D eigenvalue weighted by Gasteiger charge is 2.46. The fourth-order valence-electron chi connectivity index (χ4n) is 2.51. The minimum absolute atomic E-state index is 0.0172. The maximum absolute atomic E-state index is 11.9. The Labute approximate surface area is 101 Å². The van der Waals surface area contributed by atoms with Gasteiger partial charge >= 0.3 is 0 Å². The Morgan fingerprint density at radius 2 is 2.00 bits per heavy atom. The fraction of sp³-hybridized carbons (Fsp3) is 0.500. The monoisotopic (exact) mass is 230 g/mol. The molecule has 1 aromatic rings. The van der Waals surface area contributed by atoms with Crippen LogP contribution in [0.25, 0.3) is 0 Å². The third-order valence-electron chi connectivity index (χ3n) is 3.89. The summed E-state index contributed by atoms with van der Waals surface area (Å²) in [6, 6.07) is 6.18. The number of carbonyl (C=O) groups is 1. The zero-order valence-electron chi connectivity index (χ0n) is 9.96. The van der Waals surface area contributed by atoms with E-state index in [0.29, 0.717) is 0 Å². The maximum Gasteiger partial charge on any atom is 0.244 e. The van der Waals surface area contributed by atoms with Gasteiger partial charge in [0.25, 0.3) is 0 Å². The molecule has 1 amide bonds. The highest BCUT2D eigenvalue weighted by molar-refractivity contribution is 6.00. The van der Waals surface area contributed by atoms with Crippen molar-refractivity contribution in [1.29, 1.82) is 0 Å². The fourth-order valence-corrected chi connectivity index (χ4v) is 2.51. The number of carbonyl (C=O) groups excluding carboxylic acids is 1. The van der Waals surface area contributed by atoms with E-state index in [2.05, 4.69) is 11.4 Å². The highest BCUT2D eigenvalue weighted by Crippen LogP contribution is 2.34. The van der Waals surface area contributed by atoms with Gasteiger partial charge in [0.2, 0.25) is 5.91 Å². The van der Waals surface area contributed by atoms with E-state index < -0.39 is 5.54 Å². The lowest BCUT2D eigenvalue weighted by atomic mass is 9.90. The zero-order chi connectivity index (χ0) is 11.9. The van der Waals surface area contributed by atoms with E-state index in [0.717, 1.165) is 31.4 Å². The van der Waals surface area contributed by atoms with Crippen LogP contribution in [0.4, 0.5) is 5.69 Å². The van der Waals surface area contributed by atoms with Gasteiger partial charge in [-0.1, -0.05) is 12.1 Å². The molecule has 3 nitrogen and oxygen atoms in total. The van der Waals surface area contributed by atoms with Crippen LogP contribution in [0, 0.1) is 0 Å². The summed E-state index contributed by atoms with van der Waals surface area (Å²) in [6.07, 6.45) is 6.30. The summed E-state index contributed by atoms with van der Waals surface area (Å²) in [5.41, 5.74) is 8.99. The number of amides is 1. The number of nitrogens with two attached hydrogens (primary N) is 1. The number of fused-ring (bicyclic) bond motifs is 1. The molecule has 3 rings (SSSR count). The Hall–Kier alpha value is -1.35. The molecule has 0 spiro atoms. The van der Waals surface area contributed by atoms with Gasteiger partial charge in [-0.25, -0.2) is 0 Å². The molecule has 3 heteroatoms. The van der Waals surface area contributed by atoms with Gasteiger partial charge < -0.3 is 11.1 Å². The lowest BCUT2D eigenvalue weighted by Crippen LogP contribution is -2.38. The Bertz CT molecular complexity index is 463. The number of nitrogens with one attached hydrogen (secondary N) is 1. The predicted molar refractivity (Wildman–Crippen MR) is 67.9 cm³/mol. The van der Waals surface area contributed by atoms with Crippen LogP contribution in [0.1, 0.15) is 36.8 Å². The van der Waals surface area contributed by atoms with Crippen molar-refractivity contribution in [2.75, 3.05) is 5.32 Å². The van der Waals surface area contributed by atoms with Crippen LogP contribution >= 0.6 is 0 Å². The van der Waals surface area contributed by atoms with Gasteiger partial charge in [0.15, 0.2) is 0 Å². The molecule has 0 aromatic heterocycles. The number of rotatable bonds is 2. The minimum Gasteiger partial charge on any atom is -0.324 e. The van der Waals surface area contributed by atoms with Gasteiger partial charge in [-0.3, -0.25) is 4.79 Å². The first-order chi connectivity index (χ1) is 8.19. The molecule has 1 fully saturated rings. The van der Waals surface area contributed by atoms with Gasteiger partial charge in [0.1, 0.15) is 0 Å². The summed E-state index contributed by atoms with van der Waals surface area (Å²) in [6.45, 7) is 0. The summed E-state index contributed by atoms with van der Waals surface area (Å²) >= 11 is 0. The normalized spacial score (nSPS) is 20.5. The number of hydrogen-bond acceptors (Lipinski definition) is 2. The summed E-state index contributed by atoms with van der Waals surface area (Å²) in [7, 11) is 0. The topological polar surface area (TPSA) is 55.1 Å². The van der Waals surface area contributed by atoms with Gasteiger partial charge in [0.05, 0.1) is 5.54 Å². The molecule has 3 N–H and O–H groups in total. The third kappa shape index (κ3) is 1.95. The first-order valence-electron chi connectivity index (χ1n) is 6.40. The molecule has 0 heterocycles. The molecule has 0 atom stereocenters. The number of benzene rings is 1. The van der Waals surface area contributed by atoms with Crippen molar-refractivity contribution in [3.8, 4) is 0 Å². The quantitative estimate of drug-likeness (QED) is 0.816. The van der Waals surface area contributed by atoms with Gasteiger partial charge in [-0.15, -0.1) is 0 Å². The molecular weight excluding hydrogens is 212 g/mol. The van der Waals surface area contributed by atoms with E-state index in [4.69, 9.17) is 5.73 Å². The molecule has 17 heavy (non-hydrogen) atoms. The highest BCUT2D eigenvalue weighted by atomic mass is 16.2. The van der Waals surface area contributed by atoms with Crippen molar-refractivity contribution in [2.24, 2.45) is 5.73 Å². The predicted octanol–water partition coefficient (Wildman–Crippen LogP) is 2.00. The molecular formula is C14H18N2O. The lowest BCUT2D eigenvalue weighted by molar-refractivity contribution is -0.118. The van der Waals surface area contributed by atoms with Crippen LogP contribution in [0.3, 0.4) is 0 Å². The van der Waals surface area contributed by atoms with E-state index in [1.54, 1.807) is 0 Å². The third-order valence-corrected chi connectivity index (χ3v) is 3.89. The SMILES string of the molecule is NC1(C(=O)Nc2cccc3c2CCCC3)CC1. The standard InChI is InChI=1S/C14H18N2O/c15-14(8-9-14)13(17)16-12-7-3-5-10-4-1-2-6-11(10)12/h3,5,7H,1-2,4,6,8-9,15H2,(H,16,17). The van der Waals surface area contributed by atoms with E-state index >= 15 is 0 Å². The van der Waals surface area contributed by atoms with Gasteiger partial charge in [0, 0.05) is 5.69 Å². The lowest BCUT2D eigenvalue weighted by Gasteiger charge is -2.20. The van der Waals surface area contributed by atoms with Crippen LogP contribution < -0.4 is 11.1 Å². The Morgan fingerprint density at radius 3 is 2.76 bits per heavy atom. The second-order valence-electron chi connectivity index (χ2n) is 5.26. The molecule has 0 unspecified atom stereocenters.